The third kappa shape index (κ3) is 2.54. The number of nitrogens with two attached hydrogens (primary N) is 1. The lowest BCUT2D eigenvalue weighted by Crippen LogP contribution is -2.24. The third-order valence-electron chi connectivity index (χ3n) is 4.21. The van der Waals surface area contributed by atoms with Crippen LogP contribution in [0, 0.1) is 5.82 Å². The highest BCUT2D eigenvalue weighted by atomic mass is 19.1. The van der Waals surface area contributed by atoms with Gasteiger partial charge in [0, 0.05) is 18.2 Å². The Kier molecular flexibility index (Phi) is 3.54. The number of aromatic nitrogens is 2. The van der Waals surface area contributed by atoms with Crippen molar-refractivity contribution >= 4 is 5.84 Å². The lowest BCUT2D eigenvalue weighted by Gasteiger charge is -2.21. The summed E-state index contributed by atoms with van der Waals surface area (Å²) in [5.41, 5.74) is 10.1. The second-order valence-corrected chi connectivity index (χ2v) is 5.72. The van der Waals surface area contributed by atoms with Crippen molar-refractivity contribution in [2.45, 2.75) is 12.5 Å². The largest absolute Gasteiger partial charge is 0.383 e. The summed E-state index contributed by atoms with van der Waals surface area (Å²) in [4.78, 5) is 12.7. The van der Waals surface area contributed by atoms with E-state index in [2.05, 4.69) is 15.0 Å². The fraction of sp³-hybridized carbons (Fsp3) is 0.105. The van der Waals surface area contributed by atoms with Crippen LogP contribution in [-0.4, -0.2) is 15.8 Å². The van der Waals surface area contributed by atoms with E-state index in [9.17, 15) is 4.39 Å². The molecule has 0 fully saturated rings. The SMILES string of the molecule is NC1=NC(c2cc(-c3ccccc3)ccc2F)Cc2ncncc21. The maximum absolute atomic E-state index is 14.4. The molecule has 0 bridgehead atoms. The standard InChI is InChI=1S/C19H15FN4/c20-16-7-6-13(12-4-2-1-3-5-12)8-14(16)18-9-17-15(19(21)24-18)10-22-11-23-17/h1-8,10-11,18H,9H2,(H2,21,24). The summed E-state index contributed by atoms with van der Waals surface area (Å²) in [5.74, 6) is 0.0695. The van der Waals surface area contributed by atoms with Crippen molar-refractivity contribution in [1.82, 2.24) is 9.97 Å². The number of fused-ring (bicyclic) bond motifs is 1. The Morgan fingerprint density at radius 2 is 1.88 bits per heavy atom. The number of benzene rings is 2. The minimum absolute atomic E-state index is 0.284. The zero-order chi connectivity index (χ0) is 16.5. The molecule has 5 heteroatoms. The Labute approximate surface area is 138 Å². The van der Waals surface area contributed by atoms with Crippen molar-refractivity contribution in [3.63, 3.8) is 0 Å². The molecule has 1 aliphatic rings. The number of halogens is 1. The minimum atomic E-state index is -0.379. The predicted molar refractivity (Wildman–Crippen MR) is 91.0 cm³/mol. The highest BCUT2D eigenvalue weighted by molar-refractivity contribution is 5.99. The molecule has 0 amide bonds. The number of rotatable bonds is 2. The van der Waals surface area contributed by atoms with Crippen molar-refractivity contribution in [1.29, 1.82) is 0 Å². The van der Waals surface area contributed by atoms with Gasteiger partial charge in [0.15, 0.2) is 0 Å². The van der Waals surface area contributed by atoms with Crippen LogP contribution in [0.5, 0.6) is 0 Å². The van der Waals surface area contributed by atoms with Gasteiger partial charge in [0.25, 0.3) is 0 Å². The Hall–Kier alpha value is -3.08. The van der Waals surface area contributed by atoms with E-state index in [1.54, 1.807) is 12.3 Å². The molecule has 1 unspecified atom stereocenters. The van der Waals surface area contributed by atoms with E-state index in [1.807, 2.05) is 36.4 Å². The summed E-state index contributed by atoms with van der Waals surface area (Å²) in [5, 5.41) is 0. The fourth-order valence-electron chi connectivity index (χ4n) is 2.99. The third-order valence-corrected chi connectivity index (χ3v) is 4.21. The van der Waals surface area contributed by atoms with Crippen LogP contribution in [0.2, 0.25) is 0 Å². The highest BCUT2D eigenvalue weighted by Crippen LogP contribution is 2.32. The van der Waals surface area contributed by atoms with Gasteiger partial charge in [0.05, 0.1) is 17.3 Å². The van der Waals surface area contributed by atoms with E-state index in [-0.39, 0.29) is 11.9 Å². The van der Waals surface area contributed by atoms with E-state index in [4.69, 9.17) is 5.73 Å². The van der Waals surface area contributed by atoms with Gasteiger partial charge in [-0.1, -0.05) is 36.4 Å². The molecule has 24 heavy (non-hydrogen) atoms. The van der Waals surface area contributed by atoms with Crippen LogP contribution in [0.25, 0.3) is 11.1 Å². The molecule has 2 aromatic carbocycles. The Morgan fingerprint density at radius 1 is 1.04 bits per heavy atom. The van der Waals surface area contributed by atoms with E-state index < -0.39 is 0 Å². The van der Waals surface area contributed by atoms with Gasteiger partial charge in [-0.2, -0.15) is 0 Å². The van der Waals surface area contributed by atoms with Crippen molar-refractivity contribution in [3.8, 4) is 11.1 Å². The molecule has 1 aromatic heterocycles. The van der Waals surface area contributed by atoms with Gasteiger partial charge in [0.1, 0.15) is 18.0 Å². The molecule has 1 atom stereocenters. The van der Waals surface area contributed by atoms with Gasteiger partial charge in [0.2, 0.25) is 0 Å². The zero-order valence-electron chi connectivity index (χ0n) is 12.9. The summed E-state index contributed by atoms with van der Waals surface area (Å²) in [6, 6.07) is 14.6. The van der Waals surface area contributed by atoms with Gasteiger partial charge in [-0.15, -0.1) is 0 Å². The van der Waals surface area contributed by atoms with Crippen LogP contribution in [0.1, 0.15) is 22.9 Å². The summed E-state index contributed by atoms with van der Waals surface area (Å²) in [7, 11) is 0. The van der Waals surface area contributed by atoms with E-state index in [1.165, 1.54) is 12.4 Å². The lowest BCUT2D eigenvalue weighted by atomic mass is 9.94. The molecule has 1 aliphatic heterocycles. The molecular formula is C19H15FN4. The predicted octanol–water partition coefficient (Wildman–Crippen LogP) is 3.29. The smallest absolute Gasteiger partial charge is 0.129 e. The molecule has 0 saturated heterocycles. The second-order valence-electron chi connectivity index (χ2n) is 5.72. The quantitative estimate of drug-likeness (QED) is 0.788. The summed E-state index contributed by atoms with van der Waals surface area (Å²) < 4.78 is 14.4. The highest BCUT2D eigenvalue weighted by Gasteiger charge is 2.24. The molecule has 118 valence electrons. The number of nitrogens with zero attached hydrogens (tertiary/aromatic N) is 3. The van der Waals surface area contributed by atoms with Crippen molar-refractivity contribution in [3.05, 3.63) is 83.7 Å². The zero-order valence-corrected chi connectivity index (χ0v) is 12.9. The van der Waals surface area contributed by atoms with Gasteiger partial charge in [-0.3, -0.25) is 4.99 Å². The first-order chi connectivity index (χ1) is 11.7. The van der Waals surface area contributed by atoms with Gasteiger partial charge in [-0.25, -0.2) is 14.4 Å². The van der Waals surface area contributed by atoms with E-state index in [0.717, 1.165) is 22.4 Å². The molecule has 0 aliphatic carbocycles. The second kappa shape index (κ2) is 5.85. The van der Waals surface area contributed by atoms with Crippen LogP contribution in [0.3, 0.4) is 0 Å². The Balaban J connectivity index is 1.77. The first kappa shape index (κ1) is 14.5. The maximum Gasteiger partial charge on any atom is 0.129 e. The molecule has 4 nitrogen and oxygen atoms in total. The number of hydrogen-bond donors (Lipinski definition) is 1. The van der Waals surface area contributed by atoms with Crippen molar-refractivity contribution in [2.24, 2.45) is 10.7 Å². The van der Waals surface area contributed by atoms with E-state index >= 15 is 0 Å². The van der Waals surface area contributed by atoms with Gasteiger partial charge < -0.3 is 5.73 Å². The van der Waals surface area contributed by atoms with Crippen molar-refractivity contribution < 1.29 is 4.39 Å². The average Bonchev–Trinajstić information content (AvgIpc) is 2.63. The minimum Gasteiger partial charge on any atom is -0.383 e. The van der Waals surface area contributed by atoms with Crippen LogP contribution in [0.4, 0.5) is 4.39 Å². The molecule has 2 heterocycles. The first-order valence-electron chi connectivity index (χ1n) is 7.70. The van der Waals surface area contributed by atoms with Gasteiger partial charge in [-0.05, 0) is 23.3 Å². The summed E-state index contributed by atoms with van der Waals surface area (Å²) >= 11 is 0. The Bertz CT molecular complexity index is 922. The summed E-state index contributed by atoms with van der Waals surface area (Å²) in [6.45, 7) is 0. The van der Waals surface area contributed by atoms with Gasteiger partial charge >= 0.3 is 0 Å². The molecule has 0 saturated carbocycles. The number of aliphatic imine (C=N–C) groups is 1. The maximum atomic E-state index is 14.4. The molecular weight excluding hydrogens is 303 g/mol. The van der Waals surface area contributed by atoms with Crippen LogP contribution < -0.4 is 5.73 Å². The summed E-state index contributed by atoms with van der Waals surface area (Å²) in [6.07, 6.45) is 3.63. The molecule has 0 radical (unpaired) electrons. The normalized spacial score (nSPS) is 16.4. The molecule has 2 N–H and O–H groups in total. The number of hydrogen-bond acceptors (Lipinski definition) is 4. The first-order valence-corrected chi connectivity index (χ1v) is 7.70. The van der Waals surface area contributed by atoms with Crippen LogP contribution >= 0.6 is 0 Å². The molecule has 0 spiro atoms. The topological polar surface area (TPSA) is 64.2 Å². The molecule has 3 aromatic rings. The fourth-order valence-corrected chi connectivity index (χ4v) is 2.99. The Morgan fingerprint density at radius 3 is 2.71 bits per heavy atom. The van der Waals surface area contributed by atoms with Crippen LogP contribution in [0.15, 0.2) is 66.0 Å². The lowest BCUT2D eigenvalue weighted by molar-refractivity contribution is 0.575. The van der Waals surface area contributed by atoms with E-state index in [0.29, 0.717) is 17.8 Å². The number of amidine groups is 1. The average molecular weight is 318 g/mol. The molecule has 4 rings (SSSR count). The monoisotopic (exact) mass is 318 g/mol. The van der Waals surface area contributed by atoms with Crippen molar-refractivity contribution in [2.75, 3.05) is 0 Å². The van der Waals surface area contributed by atoms with Crippen LogP contribution in [-0.2, 0) is 6.42 Å².